The Balaban J connectivity index is 1.90. The molecular formula is C15H17BO4. The fraction of sp³-hybridized carbons (Fsp3) is 0.200. The third kappa shape index (κ3) is 4.10. The minimum Gasteiger partial charge on any atom is -0.497 e. The highest BCUT2D eigenvalue weighted by atomic mass is 16.5. The van der Waals surface area contributed by atoms with Gasteiger partial charge in [0, 0.05) is 0 Å². The lowest BCUT2D eigenvalue weighted by molar-refractivity contribution is 0.107. The van der Waals surface area contributed by atoms with E-state index in [9.17, 15) is 0 Å². The Morgan fingerprint density at radius 1 is 0.950 bits per heavy atom. The third-order valence-electron chi connectivity index (χ3n) is 2.92. The SMILES string of the molecule is COc1cccc(COCc2cccc(B(O)O)c2)c1. The molecule has 4 nitrogen and oxygen atoms in total. The van der Waals surface area contributed by atoms with Crippen LogP contribution in [0.15, 0.2) is 48.5 Å². The Morgan fingerprint density at radius 2 is 1.60 bits per heavy atom. The van der Waals surface area contributed by atoms with Crippen molar-refractivity contribution in [3.05, 3.63) is 59.7 Å². The summed E-state index contributed by atoms with van der Waals surface area (Å²) in [6, 6.07) is 14.7. The predicted octanol–water partition coefficient (Wildman–Crippen LogP) is 1.09. The first-order valence-electron chi connectivity index (χ1n) is 6.34. The summed E-state index contributed by atoms with van der Waals surface area (Å²) in [6.45, 7) is 0.890. The summed E-state index contributed by atoms with van der Waals surface area (Å²) in [4.78, 5) is 0. The van der Waals surface area contributed by atoms with Gasteiger partial charge >= 0.3 is 7.12 Å². The van der Waals surface area contributed by atoms with E-state index in [1.165, 1.54) is 0 Å². The van der Waals surface area contributed by atoms with Crippen LogP contribution in [-0.4, -0.2) is 24.3 Å². The molecule has 0 aliphatic rings. The van der Waals surface area contributed by atoms with E-state index in [0.717, 1.165) is 16.9 Å². The molecule has 0 saturated carbocycles. The summed E-state index contributed by atoms with van der Waals surface area (Å²) in [5.41, 5.74) is 2.40. The van der Waals surface area contributed by atoms with Gasteiger partial charge in [-0.15, -0.1) is 0 Å². The van der Waals surface area contributed by atoms with Gasteiger partial charge < -0.3 is 19.5 Å². The summed E-state index contributed by atoms with van der Waals surface area (Å²) < 4.78 is 10.8. The maximum absolute atomic E-state index is 9.11. The summed E-state index contributed by atoms with van der Waals surface area (Å²) in [6.07, 6.45) is 0. The maximum Gasteiger partial charge on any atom is 0.488 e. The third-order valence-corrected chi connectivity index (χ3v) is 2.92. The molecule has 0 amide bonds. The fourth-order valence-corrected chi connectivity index (χ4v) is 1.89. The number of rotatable bonds is 6. The summed E-state index contributed by atoms with van der Waals surface area (Å²) in [7, 11) is 0.180. The summed E-state index contributed by atoms with van der Waals surface area (Å²) >= 11 is 0. The number of benzene rings is 2. The number of methoxy groups -OCH3 is 1. The van der Waals surface area contributed by atoms with Crippen LogP contribution in [0.5, 0.6) is 5.75 Å². The van der Waals surface area contributed by atoms with Crippen molar-refractivity contribution in [1.29, 1.82) is 0 Å². The molecule has 0 saturated heterocycles. The van der Waals surface area contributed by atoms with Gasteiger partial charge in [-0.05, 0) is 28.7 Å². The molecule has 2 aromatic rings. The van der Waals surface area contributed by atoms with Gasteiger partial charge in [-0.1, -0.05) is 36.4 Å². The first kappa shape index (κ1) is 14.6. The van der Waals surface area contributed by atoms with E-state index in [2.05, 4.69) is 0 Å². The zero-order valence-corrected chi connectivity index (χ0v) is 11.3. The van der Waals surface area contributed by atoms with Crippen molar-refractivity contribution in [3.63, 3.8) is 0 Å². The predicted molar refractivity (Wildman–Crippen MR) is 77.8 cm³/mol. The molecule has 2 N–H and O–H groups in total. The molecule has 0 heterocycles. The quantitative estimate of drug-likeness (QED) is 0.773. The lowest BCUT2D eigenvalue weighted by Crippen LogP contribution is -2.29. The average Bonchev–Trinajstić information content (AvgIpc) is 2.48. The Labute approximate surface area is 118 Å². The largest absolute Gasteiger partial charge is 0.497 e. The fourth-order valence-electron chi connectivity index (χ4n) is 1.89. The zero-order valence-electron chi connectivity index (χ0n) is 11.3. The van der Waals surface area contributed by atoms with Gasteiger partial charge in [0.1, 0.15) is 5.75 Å². The molecule has 104 valence electrons. The molecule has 0 aromatic heterocycles. The monoisotopic (exact) mass is 272 g/mol. The molecule has 20 heavy (non-hydrogen) atoms. The second-order valence-corrected chi connectivity index (χ2v) is 4.46. The molecule has 0 unspecified atom stereocenters. The number of hydrogen-bond acceptors (Lipinski definition) is 4. The Morgan fingerprint density at radius 3 is 2.25 bits per heavy atom. The topological polar surface area (TPSA) is 58.9 Å². The molecule has 5 heteroatoms. The van der Waals surface area contributed by atoms with Gasteiger partial charge in [0.25, 0.3) is 0 Å². The van der Waals surface area contributed by atoms with E-state index in [0.29, 0.717) is 18.7 Å². The highest BCUT2D eigenvalue weighted by Gasteiger charge is 2.10. The Hall–Kier alpha value is -1.82. The van der Waals surface area contributed by atoms with Crippen molar-refractivity contribution in [1.82, 2.24) is 0 Å². The van der Waals surface area contributed by atoms with Crippen molar-refractivity contribution >= 4 is 12.6 Å². The van der Waals surface area contributed by atoms with E-state index >= 15 is 0 Å². The lowest BCUT2D eigenvalue weighted by atomic mass is 9.80. The van der Waals surface area contributed by atoms with Crippen molar-refractivity contribution in [3.8, 4) is 5.75 Å². The number of hydrogen-bond donors (Lipinski definition) is 2. The van der Waals surface area contributed by atoms with E-state index < -0.39 is 7.12 Å². The van der Waals surface area contributed by atoms with Crippen LogP contribution in [-0.2, 0) is 18.0 Å². The summed E-state index contributed by atoms with van der Waals surface area (Å²) in [5, 5.41) is 18.2. The Kier molecular flexibility index (Phi) is 5.18. The van der Waals surface area contributed by atoms with Crippen molar-refractivity contribution in [2.75, 3.05) is 7.11 Å². The standard InChI is InChI=1S/C15H17BO4/c1-19-15-7-3-5-13(9-15)11-20-10-12-4-2-6-14(8-12)16(17)18/h2-9,17-18H,10-11H2,1H3. The maximum atomic E-state index is 9.11. The van der Waals surface area contributed by atoms with Gasteiger partial charge in [-0.3, -0.25) is 0 Å². The molecule has 0 fully saturated rings. The van der Waals surface area contributed by atoms with Crippen molar-refractivity contribution < 1.29 is 19.5 Å². The molecule has 0 radical (unpaired) electrons. The van der Waals surface area contributed by atoms with Crippen LogP contribution >= 0.6 is 0 Å². The highest BCUT2D eigenvalue weighted by molar-refractivity contribution is 6.58. The second kappa shape index (κ2) is 7.10. The lowest BCUT2D eigenvalue weighted by Gasteiger charge is -2.07. The smallest absolute Gasteiger partial charge is 0.488 e. The van der Waals surface area contributed by atoms with Crippen LogP contribution in [0, 0.1) is 0 Å². The van der Waals surface area contributed by atoms with Crippen LogP contribution in [0.3, 0.4) is 0 Å². The molecule has 0 atom stereocenters. The van der Waals surface area contributed by atoms with Gasteiger partial charge in [-0.2, -0.15) is 0 Å². The van der Waals surface area contributed by atoms with Crippen LogP contribution < -0.4 is 10.2 Å². The Bertz CT molecular complexity index is 557. The van der Waals surface area contributed by atoms with E-state index in [4.69, 9.17) is 19.5 Å². The second-order valence-electron chi connectivity index (χ2n) is 4.46. The van der Waals surface area contributed by atoms with Crippen molar-refractivity contribution in [2.24, 2.45) is 0 Å². The zero-order chi connectivity index (χ0) is 14.4. The normalized spacial score (nSPS) is 10.3. The van der Waals surface area contributed by atoms with Crippen LogP contribution in [0.25, 0.3) is 0 Å². The average molecular weight is 272 g/mol. The first-order chi connectivity index (χ1) is 9.69. The van der Waals surface area contributed by atoms with Gasteiger partial charge in [0.05, 0.1) is 20.3 Å². The minimum absolute atomic E-state index is 0.414. The van der Waals surface area contributed by atoms with Crippen LogP contribution in [0.4, 0.5) is 0 Å². The molecule has 0 aliphatic carbocycles. The molecule has 0 bridgehead atoms. The molecule has 0 aliphatic heterocycles. The molecule has 2 aromatic carbocycles. The van der Waals surface area contributed by atoms with E-state index in [-0.39, 0.29) is 0 Å². The van der Waals surface area contributed by atoms with Crippen molar-refractivity contribution in [2.45, 2.75) is 13.2 Å². The van der Waals surface area contributed by atoms with Gasteiger partial charge in [0.2, 0.25) is 0 Å². The van der Waals surface area contributed by atoms with Crippen LogP contribution in [0.2, 0.25) is 0 Å². The highest BCUT2D eigenvalue weighted by Crippen LogP contribution is 2.13. The van der Waals surface area contributed by atoms with E-state index in [1.807, 2.05) is 30.3 Å². The van der Waals surface area contributed by atoms with Gasteiger partial charge in [-0.25, -0.2) is 0 Å². The van der Waals surface area contributed by atoms with Crippen LogP contribution in [0.1, 0.15) is 11.1 Å². The van der Waals surface area contributed by atoms with E-state index in [1.54, 1.807) is 25.3 Å². The molecular weight excluding hydrogens is 255 g/mol. The minimum atomic E-state index is -1.45. The molecule has 2 rings (SSSR count). The molecule has 0 spiro atoms. The van der Waals surface area contributed by atoms with Gasteiger partial charge in [0.15, 0.2) is 0 Å². The first-order valence-corrected chi connectivity index (χ1v) is 6.34. The number of ether oxygens (including phenoxy) is 2. The summed E-state index contributed by atoms with van der Waals surface area (Å²) in [5.74, 6) is 0.802.